The Kier molecular flexibility index (Phi) is 2.77. The first-order chi connectivity index (χ1) is 8.72. The molecule has 0 aromatic heterocycles. The molecule has 3 rings (SSSR count). The number of benzene rings is 1. The topological polar surface area (TPSA) is 46.3 Å². The van der Waals surface area contributed by atoms with Crippen molar-refractivity contribution in [3.63, 3.8) is 0 Å². The van der Waals surface area contributed by atoms with Crippen LogP contribution in [-0.4, -0.2) is 23.9 Å². The van der Waals surface area contributed by atoms with Crippen LogP contribution in [0.25, 0.3) is 0 Å². The Bertz CT molecular complexity index is 442. The molecule has 3 heteroatoms. The number of nitrogens with two attached hydrogens (primary N) is 1. The monoisotopic (exact) mass is 244 g/mol. The molecule has 1 aromatic rings. The molecule has 18 heavy (non-hydrogen) atoms. The molecule has 0 atom stereocenters. The summed E-state index contributed by atoms with van der Waals surface area (Å²) in [7, 11) is 0. The van der Waals surface area contributed by atoms with Gasteiger partial charge < -0.3 is 10.6 Å². The summed E-state index contributed by atoms with van der Waals surface area (Å²) >= 11 is 0. The average Bonchev–Trinajstić information content (AvgIpc) is 3.21. The third-order valence-corrected chi connectivity index (χ3v) is 4.27. The van der Waals surface area contributed by atoms with Crippen molar-refractivity contribution in [2.45, 2.75) is 37.5 Å². The molecule has 0 bridgehead atoms. The van der Waals surface area contributed by atoms with E-state index >= 15 is 0 Å². The van der Waals surface area contributed by atoms with E-state index in [4.69, 9.17) is 5.73 Å². The lowest BCUT2D eigenvalue weighted by Gasteiger charge is -2.30. The Labute approximate surface area is 108 Å². The van der Waals surface area contributed by atoms with Crippen LogP contribution in [0.15, 0.2) is 24.3 Å². The molecule has 1 heterocycles. The summed E-state index contributed by atoms with van der Waals surface area (Å²) in [5.41, 5.74) is 7.41. The highest BCUT2D eigenvalue weighted by atomic mass is 16.2. The number of amides is 1. The van der Waals surface area contributed by atoms with Crippen LogP contribution in [-0.2, 0) is 10.2 Å². The zero-order chi connectivity index (χ0) is 12.6. The average molecular weight is 244 g/mol. The molecular weight excluding hydrogens is 224 g/mol. The number of nitrogens with zero attached hydrogens (tertiary/aromatic N) is 1. The summed E-state index contributed by atoms with van der Waals surface area (Å²) in [5.74, 6) is 0.340. The zero-order valence-corrected chi connectivity index (χ0v) is 10.7. The Balaban J connectivity index is 1.81. The number of carbonyl (C=O) groups is 1. The van der Waals surface area contributed by atoms with E-state index in [9.17, 15) is 4.79 Å². The van der Waals surface area contributed by atoms with Crippen LogP contribution in [0.3, 0.4) is 0 Å². The van der Waals surface area contributed by atoms with E-state index in [-0.39, 0.29) is 5.41 Å². The van der Waals surface area contributed by atoms with Gasteiger partial charge in [0, 0.05) is 18.8 Å². The molecular formula is C15H20N2O. The second kappa shape index (κ2) is 4.30. The Morgan fingerprint density at radius 2 is 1.67 bits per heavy atom. The van der Waals surface area contributed by atoms with Gasteiger partial charge in [0.2, 0.25) is 5.91 Å². The molecule has 96 valence electrons. The van der Waals surface area contributed by atoms with Crippen LogP contribution in [0.1, 0.15) is 37.7 Å². The summed E-state index contributed by atoms with van der Waals surface area (Å²) in [5, 5.41) is 0. The Morgan fingerprint density at radius 3 is 2.22 bits per heavy atom. The van der Waals surface area contributed by atoms with Crippen LogP contribution in [0.4, 0.5) is 5.69 Å². The van der Waals surface area contributed by atoms with Crippen molar-refractivity contribution in [3.8, 4) is 0 Å². The second-order valence-corrected chi connectivity index (χ2v) is 5.56. The lowest BCUT2D eigenvalue weighted by Crippen LogP contribution is -2.42. The van der Waals surface area contributed by atoms with Crippen molar-refractivity contribution in [3.05, 3.63) is 29.8 Å². The number of rotatable bonds is 2. The summed E-state index contributed by atoms with van der Waals surface area (Å²) < 4.78 is 0. The van der Waals surface area contributed by atoms with Gasteiger partial charge in [-0.2, -0.15) is 0 Å². The highest BCUT2D eigenvalue weighted by Crippen LogP contribution is 2.50. The van der Waals surface area contributed by atoms with Crippen molar-refractivity contribution in [2.24, 2.45) is 0 Å². The molecule has 2 aliphatic rings. The van der Waals surface area contributed by atoms with E-state index in [1.165, 1.54) is 6.42 Å². The van der Waals surface area contributed by atoms with Gasteiger partial charge in [-0.05, 0) is 49.8 Å². The normalized spacial score (nSPS) is 21.7. The number of hydrogen-bond donors (Lipinski definition) is 1. The Hall–Kier alpha value is -1.51. The van der Waals surface area contributed by atoms with E-state index in [2.05, 4.69) is 4.90 Å². The standard InChI is InChI=1S/C15H20N2O/c16-13-6-4-12(5-7-13)15(8-9-15)14(18)17-10-2-1-3-11-17/h4-7H,1-3,8-11,16H2. The van der Waals surface area contributed by atoms with E-state index in [1.54, 1.807) is 0 Å². The highest BCUT2D eigenvalue weighted by molar-refractivity contribution is 5.91. The van der Waals surface area contributed by atoms with Crippen molar-refractivity contribution in [2.75, 3.05) is 18.8 Å². The van der Waals surface area contributed by atoms with Gasteiger partial charge in [-0.3, -0.25) is 4.79 Å². The zero-order valence-electron chi connectivity index (χ0n) is 10.7. The molecule has 0 spiro atoms. The second-order valence-electron chi connectivity index (χ2n) is 5.56. The molecule has 1 aliphatic carbocycles. The quantitative estimate of drug-likeness (QED) is 0.811. The Morgan fingerprint density at radius 1 is 1.06 bits per heavy atom. The minimum atomic E-state index is -0.217. The minimum Gasteiger partial charge on any atom is -0.399 e. The fourth-order valence-electron chi connectivity index (χ4n) is 2.95. The van der Waals surface area contributed by atoms with Crippen LogP contribution in [0, 0.1) is 0 Å². The van der Waals surface area contributed by atoms with Crippen LogP contribution in [0.5, 0.6) is 0 Å². The predicted octanol–water partition coefficient (Wildman–Crippen LogP) is 2.31. The number of piperidine rings is 1. The maximum atomic E-state index is 12.7. The van der Waals surface area contributed by atoms with Crippen LogP contribution >= 0.6 is 0 Å². The SMILES string of the molecule is Nc1ccc(C2(C(=O)N3CCCCC3)CC2)cc1. The molecule has 1 aromatic carbocycles. The fraction of sp³-hybridized carbons (Fsp3) is 0.533. The van der Waals surface area contributed by atoms with Crippen molar-refractivity contribution < 1.29 is 4.79 Å². The molecule has 2 fully saturated rings. The first-order valence-corrected chi connectivity index (χ1v) is 6.88. The van der Waals surface area contributed by atoms with Crippen LogP contribution < -0.4 is 5.73 Å². The van der Waals surface area contributed by atoms with Crippen molar-refractivity contribution in [1.29, 1.82) is 0 Å². The summed E-state index contributed by atoms with van der Waals surface area (Å²) in [6.07, 6.45) is 5.56. The number of hydrogen-bond acceptors (Lipinski definition) is 2. The van der Waals surface area contributed by atoms with Gasteiger partial charge in [0.15, 0.2) is 0 Å². The van der Waals surface area contributed by atoms with Gasteiger partial charge in [-0.1, -0.05) is 12.1 Å². The molecule has 3 nitrogen and oxygen atoms in total. The van der Waals surface area contributed by atoms with E-state index in [1.807, 2.05) is 24.3 Å². The number of anilines is 1. The van der Waals surface area contributed by atoms with E-state index < -0.39 is 0 Å². The summed E-state index contributed by atoms with van der Waals surface area (Å²) in [4.78, 5) is 14.7. The third kappa shape index (κ3) is 1.88. The lowest BCUT2D eigenvalue weighted by molar-refractivity contribution is -0.134. The fourth-order valence-corrected chi connectivity index (χ4v) is 2.95. The van der Waals surface area contributed by atoms with Gasteiger partial charge >= 0.3 is 0 Å². The highest BCUT2D eigenvalue weighted by Gasteiger charge is 2.52. The maximum Gasteiger partial charge on any atom is 0.233 e. The van der Waals surface area contributed by atoms with Crippen molar-refractivity contribution >= 4 is 11.6 Å². The summed E-state index contributed by atoms with van der Waals surface area (Å²) in [6.45, 7) is 1.88. The number of carbonyl (C=O) groups excluding carboxylic acids is 1. The molecule has 1 saturated carbocycles. The molecule has 1 amide bonds. The maximum absolute atomic E-state index is 12.7. The molecule has 1 aliphatic heterocycles. The van der Waals surface area contributed by atoms with Gasteiger partial charge in [0.1, 0.15) is 0 Å². The lowest BCUT2D eigenvalue weighted by atomic mass is 9.93. The minimum absolute atomic E-state index is 0.217. The third-order valence-electron chi connectivity index (χ3n) is 4.27. The number of nitrogen functional groups attached to an aromatic ring is 1. The largest absolute Gasteiger partial charge is 0.399 e. The molecule has 0 unspecified atom stereocenters. The smallest absolute Gasteiger partial charge is 0.233 e. The molecule has 0 radical (unpaired) electrons. The van der Waals surface area contributed by atoms with Gasteiger partial charge in [-0.15, -0.1) is 0 Å². The predicted molar refractivity (Wildman–Crippen MR) is 72.2 cm³/mol. The number of likely N-dealkylation sites (tertiary alicyclic amines) is 1. The summed E-state index contributed by atoms with van der Waals surface area (Å²) in [6, 6.07) is 7.84. The van der Waals surface area contributed by atoms with E-state index in [0.717, 1.165) is 50.0 Å². The van der Waals surface area contributed by atoms with Gasteiger partial charge in [0.25, 0.3) is 0 Å². The molecule has 2 N–H and O–H groups in total. The first-order valence-electron chi connectivity index (χ1n) is 6.88. The van der Waals surface area contributed by atoms with Gasteiger partial charge in [-0.25, -0.2) is 0 Å². The van der Waals surface area contributed by atoms with Crippen LogP contribution in [0.2, 0.25) is 0 Å². The first kappa shape index (κ1) is 11.6. The van der Waals surface area contributed by atoms with E-state index in [0.29, 0.717) is 5.91 Å². The van der Waals surface area contributed by atoms with Gasteiger partial charge in [0.05, 0.1) is 5.41 Å². The molecule has 1 saturated heterocycles. The van der Waals surface area contributed by atoms with Crippen molar-refractivity contribution in [1.82, 2.24) is 4.90 Å².